The van der Waals surface area contributed by atoms with Gasteiger partial charge in [0.1, 0.15) is 0 Å². The van der Waals surface area contributed by atoms with Crippen LogP contribution in [0, 0.1) is 38.8 Å². The van der Waals surface area contributed by atoms with E-state index in [-0.39, 0.29) is 35.9 Å². The second kappa shape index (κ2) is 4.90. The summed E-state index contributed by atoms with van der Waals surface area (Å²) >= 11 is 0. The van der Waals surface area contributed by atoms with E-state index in [1.54, 1.807) is 0 Å². The van der Waals surface area contributed by atoms with Gasteiger partial charge in [0.15, 0.2) is 0 Å². The molecular formula is C9H12Pt. The van der Waals surface area contributed by atoms with Crippen molar-refractivity contribution < 1.29 is 21.1 Å². The maximum Gasteiger partial charge on any atom is 4.00 e. The van der Waals surface area contributed by atoms with Crippen LogP contribution in [-0.2, 0) is 21.1 Å². The summed E-state index contributed by atoms with van der Waals surface area (Å²) < 4.78 is 0. The molecule has 0 aliphatic heterocycles. The van der Waals surface area contributed by atoms with E-state index in [1.807, 2.05) is 0 Å². The van der Waals surface area contributed by atoms with Gasteiger partial charge in [0.2, 0.25) is 0 Å². The number of hydrogen-bond donors (Lipinski definition) is 0. The quantitative estimate of drug-likeness (QED) is 0.602. The minimum absolute atomic E-state index is 0. The average Bonchev–Trinajstić information content (AvgIpc) is 2.22. The van der Waals surface area contributed by atoms with Crippen molar-refractivity contribution in [3.63, 3.8) is 0 Å². The van der Waals surface area contributed by atoms with Crippen LogP contribution >= 0.6 is 0 Å². The summed E-state index contributed by atoms with van der Waals surface area (Å²) in [5.74, 6) is 1.26. The molecule has 0 amide bonds. The van der Waals surface area contributed by atoms with Crippen LogP contribution in [0.5, 0.6) is 0 Å². The van der Waals surface area contributed by atoms with Crippen molar-refractivity contribution in [2.45, 2.75) is 6.42 Å². The largest absolute Gasteiger partial charge is 4.00 e. The van der Waals surface area contributed by atoms with E-state index >= 15 is 0 Å². The van der Waals surface area contributed by atoms with E-state index in [0.717, 1.165) is 0 Å². The van der Waals surface area contributed by atoms with Crippen molar-refractivity contribution in [1.82, 2.24) is 0 Å². The summed E-state index contributed by atoms with van der Waals surface area (Å²) in [5, 5.41) is 0. The second-order valence-electron chi connectivity index (χ2n) is 2.12. The Labute approximate surface area is 78.7 Å². The summed E-state index contributed by atoms with van der Waals surface area (Å²) in [4.78, 5) is 0. The summed E-state index contributed by atoms with van der Waals surface area (Å²) in [6.45, 7) is 0. The molecule has 0 N–H and O–H groups in total. The van der Waals surface area contributed by atoms with E-state index in [0.29, 0.717) is 11.8 Å². The number of rotatable bonds is 0. The third kappa shape index (κ3) is 2.09. The van der Waals surface area contributed by atoms with E-state index in [2.05, 4.69) is 24.3 Å². The molecule has 0 aromatic heterocycles. The van der Waals surface area contributed by atoms with E-state index in [4.69, 9.17) is 0 Å². The molecule has 0 heterocycles. The summed E-state index contributed by atoms with van der Waals surface area (Å²) in [5.41, 5.74) is 0. The Morgan fingerprint density at radius 2 is 1.60 bits per heavy atom. The molecule has 2 rings (SSSR count). The van der Waals surface area contributed by atoms with Crippen LogP contribution < -0.4 is 0 Å². The first-order chi connectivity index (χ1) is 3.45. The van der Waals surface area contributed by atoms with Crippen LogP contribution in [-0.4, -0.2) is 0 Å². The molecule has 2 aliphatic carbocycles. The third-order valence-electron chi connectivity index (χ3n) is 1.53. The minimum Gasteiger partial charge on any atom is -0.527 e. The molecule has 0 radical (unpaired) electrons. The third-order valence-corrected chi connectivity index (χ3v) is 1.53. The van der Waals surface area contributed by atoms with Crippen molar-refractivity contribution in [3.05, 3.63) is 39.2 Å². The predicted molar refractivity (Wildman–Crippen MR) is 40.1 cm³/mol. The van der Waals surface area contributed by atoms with Gasteiger partial charge in [-0.05, 0) is 0 Å². The Morgan fingerprint density at radius 1 is 1.10 bits per heavy atom. The van der Waals surface area contributed by atoms with Crippen LogP contribution in [0.2, 0.25) is 0 Å². The monoisotopic (exact) mass is 315 g/mol. The van der Waals surface area contributed by atoms with Gasteiger partial charge < -0.3 is 32.9 Å². The van der Waals surface area contributed by atoms with Crippen molar-refractivity contribution in [3.8, 4) is 0 Å². The first kappa shape index (κ1) is 12.8. The smallest absolute Gasteiger partial charge is 0.527 e. The van der Waals surface area contributed by atoms with Crippen LogP contribution in [0.4, 0.5) is 0 Å². The van der Waals surface area contributed by atoms with Gasteiger partial charge in [-0.2, -0.15) is 0 Å². The predicted octanol–water partition coefficient (Wildman–Crippen LogP) is 2.25. The maximum absolute atomic E-state index is 3.19. The van der Waals surface area contributed by atoms with Gasteiger partial charge in [-0.25, -0.2) is 0 Å². The van der Waals surface area contributed by atoms with Crippen molar-refractivity contribution in [1.29, 1.82) is 0 Å². The molecule has 2 aliphatic rings. The molecule has 0 aromatic carbocycles. The zero-order valence-corrected chi connectivity index (χ0v) is 8.60. The van der Waals surface area contributed by atoms with Crippen LogP contribution in [0.25, 0.3) is 0 Å². The molecule has 2 bridgehead atoms. The number of fused-ring (bicyclic) bond motifs is 2. The Hall–Kier alpha value is 0.168. The second-order valence-corrected chi connectivity index (χ2v) is 2.12. The van der Waals surface area contributed by atoms with Crippen LogP contribution in [0.1, 0.15) is 6.42 Å². The van der Waals surface area contributed by atoms with Gasteiger partial charge in [-0.3, -0.25) is 12.2 Å². The van der Waals surface area contributed by atoms with Crippen molar-refractivity contribution in [2.24, 2.45) is 11.8 Å². The molecule has 0 saturated heterocycles. The molecule has 0 aromatic rings. The van der Waals surface area contributed by atoms with Crippen LogP contribution in [0.3, 0.4) is 0 Å². The van der Waals surface area contributed by atoms with Gasteiger partial charge >= 0.3 is 21.1 Å². The van der Waals surface area contributed by atoms with Gasteiger partial charge in [0.05, 0.1) is 0 Å². The van der Waals surface area contributed by atoms with Crippen molar-refractivity contribution in [2.75, 3.05) is 0 Å². The van der Waals surface area contributed by atoms with Gasteiger partial charge in [-0.1, -0.05) is 12.3 Å². The summed E-state index contributed by atoms with van der Waals surface area (Å²) in [6, 6.07) is 0. The first-order valence-electron chi connectivity index (χ1n) is 2.64. The molecule has 0 saturated carbocycles. The molecule has 0 nitrogen and oxygen atoms in total. The Morgan fingerprint density at radius 3 is 1.70 bits per heavy atom. The Kier molecular flexibility index (Phi) is 6.28. The minimum atomic E-state index is 0. The molecule has 0 unspecified atom stereocenters. The molecule has 0 atom stereocenters. The normalized spacial score (nSPS) is 30.4. The molecule has 0 fully saturated rings. The van der Waals surface area contributed by atoms with Crippen LogP contribution in [0.15, 0.2) is 12.2 Å². The maximum atomic E-state index is 3.19. The van der Waals surface area contributed by atoms with Crippen molar-refractivity contribution >= 4 is 0 Å². The van der Waals surface area contributed by atoms with E-state index in [1.165, 1.54) is 6.42 Å². The van der Waals surface area contributed by atoms with Gasteiger partial charge in [0.25, 0.3) is 0 Å². The van der Waals surface area contributed by atoms with E-state index in [9.17, 15) is 0 Å². The Balaban J connectivity index is 0. The summed E-state index contributed by atoms with van der Waals surface area (Å²) in [7, 11) is 0. The zero-order valence-electron chi connectivity index (χ0n) is 6.33. The number of allylic oxidation sites excluding steroid dienone is 4. The summed E-state index contributed by atoms with van der Waals surface area (Å²) in [6.07, 6.45) is 11.9. The van der Waals surface area contributed by atoms with E-state index < -0.39 is 0 Å². The molecule has 58 valence electrons. The first-order valence-corrected chi connectivity index (χ1v) is 2.64. The number of hydrogen-bond acceptors (Lipinski definition) is 0. The fourth-order valence-corrected chi connectivity index (χ4v) is 1.12. The SMILES string of the molecule is [C-]1=CC2C=[C-]C1C2.[CH3-].[CH3-].[Pt+4]. The van der Waals surface area contributed by atoms with Gasteiger partial charge in [0, 0.05) is 0 Å². The molecular weight excluding hydrogens is 303 g/mol. The average molecular weight is 315 g/mol. The fourth-order valence-electron chi connectivity index (χ4n) is 1.12. The van der Waals surface area contributed by atoms with Gasteiger partial charge in [-0.15, -0.1) is 0 Å². The molecule has 1 heteroatoms. The zero-order chi connectivity index (χ0) is 4.69. The fraction of sp³-hybridized carbons (Fsp3) is 0.333. The molecule has 0 spiro atoms. The molecule has 10 heavy (non-hydrogen) atoms. The standard InChI is InChI=1S/C7H6.2CH3.Pt/c1-2-7-4-3-6(1)5-7;;;/h1,3,6-7H,5H2;2*1H3;/q-2;2*-1;+4. The topological polar surface area (TPSA) is 0 Å². The Bertz CT molecular complexity index is 108.